The summed E-state index contributed by atoms with van der Waals surface area (Å²) in [6.07, 6.45) is 0.677. The van der Waals surface area contributed by atoms with Crippen molar-refractivity contribution in [2.75, 3.05) is 19.5 Å². The predicted octanol–water partition coefficient (Wildman–Crippen LogP) is 1.24. The largest absolute Gasteiger partial charge is 0.497 e. The van der Waals surface area contributed by atoms with Crippen molar-refractivity contribution in [3.05, 3.63) is 24.3 Å². The molecule has 6 heteroatoms. The Morgan fingerprint density at radius 2 is 2.00 bits per heavy atom. The predicted molar refractivity (Wildman–Crippen MR) is 71.1 cm³/mol. The van der Waals surface area contributed by atoms with Crippen LogP contribution >= 0.6 is 0 Å². The molecular weight excluding hydrogens is 246 g/mol. The van der Waals surface area contributed by atoms with Gasteiger partial charge in [-0.1, -0.05) is 0 Å². The van der Waals surface area contributed by atoms with Crippen LogP contribution in [0, 0.1) is 0 Å². The normalized spacial score (nSPS) is 14.9. The number of nitrogens with zero attached hydrogens (tertiary/aromatic N) is 2. The summed E-state index contributed by atoms with van der Waals surface area (Å²) in [6, 6.07) is 7.01. The van der Waals surface area contributed by atoms with Crippen molar-refractivity contribution in [2.24, 2.45) is 5.10 Å². The van der Waals surface area contributed by atoms with E-state index in [0.29, 0.717) is 24.2 Å². The maximum Gasteiger partial charge on any atom is 0.271 e. The molecule has 1 N–H and O–H groups in total. The highest BCUT2D eigenvalue weighted by atomic mass is 16.5. The Labute approximate surface area is 111 Å². The molecule has 0 aliphatic carbocycles. The van der Waals surface area contributed by atoms with Crippen LogP contribution in [0.25, 0.3) is 0 Å². The van der Waals surface area contributed by atoms with Crippen LogP contribution in [0.5, 0.6) is 5.75 Å². The molecule has 0 unspecified atom stereocenters. The summed E-state index contributed by atoms with van der Waals surface area (Å²) >= 11 is 0. The first-order chi connectivity index (χ1) is 9.10. The number of hydrazone groups is 1. The van der Waals surface area contributed by atoms with Crippen LogP contribution in [-0.2, 0) is 9.59 Å². The van der Waals surface area contributed by atoms with Gasteiger partial charge in [0.1, 0.15) is 11.5 Å². The number of hydrogen-bond donors (Lipinski definition) is 1. The summed E-state index contributed by atoms with van der Waals surface area (Å²) in [7, 11) is 3.12. The lowest BCUT2D eigenvalue weighted by Gasteiger charge is -2.18. The van der Waals surface area contributed by atoms with Crippen molar-refractivity contribution in [1.29, 1.82) is 0 Å². The number of methoxy groups -OCH3 is 1. The minimum Gasteiger partial charge on any atom is -0.497 e. The van der Waals surface area contributed by atoms with Gasteiger partial charge in [-0.2, -0.15) is 5.10 Å². The Hall–Kier alpha value is -2.37. The van der Waals surface area contributed by atoms with Crippen LogP contribution < -0.4 is 10.1 Å². The van der Waals surface area contributed by atoms with E-state index in [1.54, 1.807) is 38.4 Å². The molecule has 0 radical (unpaired) electrons. The molecule has 1 aliphatic rings. The van der Waals surface area contributed by atoms with Gasteiger partial charge in [0.05, 0.1) is 7.11 Å². The minimum atomic E-state index is -0.287. The first-order valence-electron chi connectivity index (χ1n) is 5.89. The summed E-state index contributed by atoms with van der Waals surface area (Å²) in [6.45, 7) is 0. The summed E-state index contributed by atoms with van der Waals surface area (Å²) < 4.78 is 5.04. The lowest BCUT2D eigenvalue weighted by atomic mass is 10.1. The maximum atomic E-state index is 12.0. The van der Waals surface area contributed by atoms with E-state index < -0.39 is 0 Å². The fraction of sp³-hybridized carbons (Fsp3) is 0.308. The molecule has 0 aromatic heterocycles. The molecule has 0 saturated heterocycles. The third-order valence-corrected chi connectivity index (χ3v) is 2.82. The summed E-state index contributed by atoms with van der Waals surface area (Å²) in [4.78, 5) is 23.2. The SMILES string of the molecule is COc1ccc(NC(=O)C2=NN(C)C(=O)CC2)cc1. The van der Waals surface area contributed by atoms with Crippen LogP contribution in [0.1, 0.15) is 12.8 Å². The number of benzene rings is 1. The number of rotatable bonds is 3. The van der Waals surface area contributed by atoms with Crippen LogP contribution in [-0.4, -0.2) is 36.7 Å². The highest BCUT2D eigenvalue weighted by Gasteiger charge is 2.21. The molecule has 0 fully saturated rings. The van der Waals surface area contributed by atoms with Crippen molar-refractivity contribution in [2.45, 2.75) is 12.8 Å². The fourth-order valence-corrected chi connectivity index (χ4v) is 1.71. The van der Waals surface area contributed by atoms with Gasteiger partial charge in [-0.25, -0.2) is 5.01 Å². The molecule has 1 aromatic carbocycles. The van der Waals surface area contributed by atoms with E-state index in [9.17, 15) is 9.59 Å². The van der Waals surface area contributed by atoms with Gasteiger partial charge in [0.2, 0.25) is 5.91 Å². The Balaban J connectivity index is 2.04. The third-order valence-electron chi connectivity index (χ3n) is 2.82. The minimum absolute atomic E-state index is 0.0824. The number of hydrogen-bond acceptors (Lipinski definition) is 4. The van der Waals surface area contributed by atoms with Crippen LogP contribution in [0.4, 0.5) is 5.69 Å². The summed E-state index contributed by atoms with van der Waals surface area (Å²) in [5.74, 6) is 0.351. The van der Waals surface area contributed by atoms with Crippen molar-refractivity contribution < 1.29 is 14.3 Å². The zero-order chi connectivity index (χ0) is 13.8. The molecule has 2 amide bonds. The molecule has 2 rings (SSSR count). The molecule has 0 bridgehead atoms. The van der Waals surface area contributed by atoms with E-state index in [1.165, 1.54) is 5.01 Å². The van der Waals surface area contributed by atoms with Crippen LogP contribution in [0.3, 0.4) is 0 Å². The number of carbonyl (C=O) groups excluding carboxylic acids is 2. The van der Waals surface area contributed by atoms with Crippen molar-refractivity contribution >= 4 is 23.2 Å². The average Bonchev–Trinajstić information content (AvgIpc) is 2.42. The Bertz CT molecular complexity index is 522. The fourth-order valence-electron chi connectivity index (χ4n) is 1.71. The smallest absolute Gasteiger partial charge is 0.271 e. The van der Waals surface area contributed by atoms with Gasteiger partial charge in [-0.3, -0.25) is 9.59 Å². The van der Waals surface area contributed by atoms with E-state index in [4.69, 9.17) is 4.74 Å². The lowest BCUT2D eigenvalue weighted by molar-refractivity contribution is -0.130. The van der Waals surface area contributed by atoms with Gasteiger partial charge in [0.15, 0.2) is 0 Å². The van der Waals surface area contributed by atoms with Crippen molar-refractivity contribution in [3.63, 3.8) is 0 Å². The van der Waals surface area contributed by atoms with Gasteiger partial charge in [0, 0.05) is 25.6 Å². The lowest BCUT2D eigenvalue weighted by Crippen LogP contribution is -2.34. The van der Waals surface area contributed by atoms with E-state index in [2.05, 4.69) is 10.4 Å². The van der Waals surface area contributed by atoms with Gasteiger partial charge < -0.3 is 10.1 Å². The number of amides is 2. The Morgan fingerprint density at radius 1 is 1.32 bits per heavy atom. The van der Waals surface area contributed by atoms with Crippen molar-refractivity contribution in [3.8, 4) is 5.75 Å². The molecule has 0 saturated carbocycles. The Morgan fingerprint density at radius 3 is 2.58 bits per heavy atom. The first-order valence-corrected chi connectivity index (χ1v) is 5.89. The topological polar surface area (TPSA) is 71.0 Å². The summed E-state index contributed by atoms with van der Waals surface area (Å²) in [5, 5.41) is 7.89. The van der Waals surface area contributed by atoms with Gasteiger partial charge in [0.25, 0.3) is 5.91 Å². The molecule has 6 nitrogen and oxygen atoms in total. The molecule has 1 aliphatic heterocycles. The van der Waals surface area contributed by atoms with Gasteiger partial charge in [-0.05, 0) is 24.3 Å². The monoisotopic (exact) mass is 261 g/mol. The van der Waals surface area contributed by atoms with E-state index in [-0.39, 0.29) is 11.8 Å². The average molecular weight is 261 g/mol. The molecule has 19 heavy (non-hydrogen) atoms. The quantitative estimate of drug-likeness (QED) is 0.889. The van der Waals surface area contributed by atoms with Crippen molar-refractivity contribution in [1.82, 2.24) is 5.01 Å². The second-order valence-electron chi connectivity index (χ2n) is 4.15. The number of nitrogens with one attached hydrogen (secondary N) is 1. The second-order valence-corrected chi connectivity index (χ2v) is 4.15. The Kier molecular flexibility index (Phi) is 3.79. The number of ether oxygens (including phenoxy) is 1. The molecular formula is C13H15N3O3. The molecule has 100 valence electrons. The maximum absolute atomic E-state index is 12.0. The van der Waals surface area contributed by atoms with E-state index in [1.807, 2.05) is 0 Å². The zero-order valence-electron chi connectivity index (χ0n) is 10.8. The summed E-state index contributed by atoms with van der Waals surface area (Å²) in [5.41, 5.74) is 1.02. The highest BCUT2D eigenvalue weighted by molar-refractivity contribution is 6.43. The number of anilines is 1. The third kappa shape index (κ3) is 3.09. The molecule has 1 aromatic rings. The highest BCUT2D eigenvalue weighted by Crippen LogP contribution is 2.16. The molecule has 0 atom stereocenters. The number of carbonyl (C=O) groups is 2. The first kappa shape index (κ1) is 13.1. The standard InChI is InChI=1S/C13H15N3O3/c1-16-12(17)8-7-11(15-16)13(18)14-9-3-5-10(19-2)6-4-9/h3-6H,7-8H2,1-2H3,(H,14,18). The van der Waals surface area contributed by atoms with E-state index in [0.717, 1.165) is 5.75 Å². The van der Waals surface area contributed by atoms with E-state index >= 15 is 0 Å². The molecule has 0 spiro atoms. The zero-order valence-corrected chi connectivity index (χ0v) is 10.8. The second kappa shape index (κ2) is 5.51. The molecule has 1 heterocycles. The van der Waals surface area contributed by atoms with Crippen LogP contribution in [0.15, 0.2) is 29.4 Å². The van der Waals surface area contributed by atoms with Crippen LogP contribution in [0.2, 0.25) is 0 Å². The van der Waals surface area contributed by atoms with Gasteiger partial charge in [-0.15, -0.1) is 0 Å². The van der Waals surface area contributed by atoms with Gasteiger partial charge >= 0.3 is 0 Å².